The second kappa shape index (κ2) is 6.80. The third-order valence-electron chi connectivity index (χ3n) is 3.50. The summed E-state index contributed by atoms with van der Waals surface area (Å²) < 4.78 is 12.0. The third-order valence-corrected chi connectivity index (χ3v) is 3.74. The fourth-order valence-corrected chi connectivity index (χ4v) is 2.60. The molecule has 2 aromatic heterocycles. The number of aryl methyl sites for hydroxylation is 1. The molecule has 3 rings (SSSR count). The monoisotopic (exact) mass is 345 g/mol. The van der Waals surface area contributed by atoms with Gasteiger partial charge in [0.05, 0.1) is 12.1 Å². The summed E-state index contributed by atoms with van der Waals surface area (Å²) in [5.74, 6) is 0.350. The van der Waals surface area contributed by atoms with E-state index < -0.39 is 6.16 Å². The Morgan fingerprint density at radius 3 is 2.75 bits per heavy atom. The quantitative estimate of drug-likeness (QED) is 0.705. The highest BCUT2D eigenvalue weighted by atomic mass is 35.5. The number of rotatable bonds is 4. The van der Waals surface area contributed by atoms with Crippen molar-refractivity contribution < 1.29 is 14.3 Å². The molecule has 1 aromatic carbocycles. The number of nitrogens with zero attached hydrogens (tertiary/aromatic N) is 2. The van der Waals surface area contributed by atoms with Gasteiger partial charge in [-0.15, -0.1) is 0 Å². The fourth-order valence-electron chi connectivity index (χ4n) is 2.43. The number of ether oxygens (including phenoxy) is 2. The number of nitrogens with one attached hydrogen (secondary N) is 1. The minimum absolute atomic E-state index is 0.238. The average molecular weight is 346 g/mol. The Hall–Kier alpha value is -2.73. The van der Waals surface area contributed by atoms with E-state index in [2.05, 4.69) is 10.3 Å². The second-order valence-corrected chi connectivity index (χ2v) is 5.48. The zero-order valence-corrected chi connectivity index (χ0v) is 14.0. The third kappa shape index (κ3) is 3.14. The van der Waals surface area contributed by atoms with Gasteiger partial charge in [-0.3, -0.25) is 4.98 Å². The van der Waals surface area contributed by atoms with Gasteiger partial charge in [0.25, 0.3) is 0 Å². The minimum Gasteiger partial charge on any atom is -0.434 e. The molecular weight excluding hydrogens is 330 g/mol. The van der Waals surface area contributed by atoms with Crippen molar-refractivity contribution in [2.24, 2.45) is 7.05 Å². The van der Waals surface area contributed by atoms with Gasteiger partial charge in [0.1, 0.15) is 5.69 Å². The normalized spacial score (nSPS) is 10.6. The van der Waals surface area contributed by atoms with E-state index in [1.165, 1.54) is 0 Å². The van der Waals surface area contributed by atoms with Crippen LogP contribution in [0.25, 0.3) is 10.9 Å². The van der Waals surface area contributed by atoms with Crippen LogP contribution < -0.4 is 10.1 Å². The van der Waals surface area contributed by atoms with E-state index in [1.807, 2.05) is 24.3 Å². The summed E-state index contributed by atoms with van der Waals surface area (Å²) in [6, 6.07) is 9.12. The van der Waals surface area contributed by atoms with Crippen LogP contribution in [0.15, 0.2) is 42.7 Å². The lowest BCUT2D eigenvalue weighted by molar-refractivity contribution is 0.102. The van der Waals surface area contributed by atoms with Crippen LogP contribution in [0.2, 0.25) is 5.02 Å². The Labute approximate surface area is 144 Å². The van der Waals surface area contributed by atoms with E-state index in [0.717, 1.165) is 16.6 Å². The average Bonchev–Trinajstić information content (AvgIpc) is 2.81. The van der Waals surface area contributed by atoms with Gasteiger partial charge < -0.3 is 19.4 Å². The van der Waals surface area contributed by atoms with Gasteiger partial charge in [0.2, 0.25) is 5.88 Å². The van der Waals surface area contributed by atoms with Crippen molar-refractivity contribution in [3.05, 3.63) is 47.7 Å². The molecule has 0 spiro atoms. The zero-order chi connectivity index (χ0) is 17.1. The number of halogens is 1. The van der Waals surface area contributed by atoms with Gasteiger partial charge in [0.15, 0.2) is 0 Å². The van der Waals surface area contributed by atoms with Crippen molar-refractivity contribution in [1.82, 2.24) is 9.55 Å². The molecule has 0 bridgehead atoms. The molecule has 7 heteroatoms. The lowest BCUT2D eigenvalue weighted by atomic mass is 10.2. The Kier molecular flexibility index (Phi) is 4.57. The van der Waals surface area contributed by atoms with E-state index in [9.17, 15) is 4.79 Å². The standard InChI is InChI=1S/C17H16ClN3O3/c1-3-23-17(22)24-16-15(20-12-6-8-19-9-7-12)13-5-4-11(18)10-14(13)21(16)2/h4-10H,3H2,1-2H3,(H,19,20). The van der Waals surface area contributed by atoms with Gasteiger partial charge in [-0.25, -0.2) is 4.79 Å². The molecule has 1 N–H and O–H groups in total. The summed E-state index contributed by atoms with van der Waals surface area (Å²) in [5, 5.41) is 4.74. The molecule has 0 amide bonds. The summed E-state index contributed by atoms with van der Waals surface area (Å²) in [6.07, 6.45) is 2.60. The van der Waals surface area contributed by atoms with Crippen molar-refractivity contribution in [2.45, 2.75) is 6.92 Å². The molecule has 0 saturated carbocycles. The molecule has 0 saturated heterocycles. The highest BCUT2D eigenvalue weighted by molar-refractivity contribution is 6.31. The molecule has 0 aliphatic rings. The first-order valence-corrected chi connectivity index (χ1v) is 7.77. The topological polar surface area (TPSA) is 65.4 Å². The van der Waals surface area contributed by atoms with Crippen molar-refractivity contribution >= 4 is 40.0 Å². The molecular formula is C17H16ClN3O3. The molecule has 0 fully saturated rings. The summed E-state index contributed by atoms with van der Waals surface area (Å²) in [4.78, 5) is 15.8. The number of anilines is 2. The lowest BCUT2D eigenvalue weighted by Gasteiger charge is -2.10. The Morgan fingerprint density at radius 2 is 2.04 bits per heavy atom. The number of carbonyl (C=O) groups excluding carboxylic acids is 1. The van der Waals surface area contributed by atoms with E-state index >= 15 is 0 Å². The van der Waals surface area contributed by atoms with Crippen LogP contribution in [0.1, 0.15) is 6.92 Å². The highest BCUT2D eigenvalue weighted by Gasteiger charge is 2.20. The molecule has 24 heavy (non-hydrogen) atoms. The molecule has 3 aromatic rings. The van der Waals surface area contributed by atoms with Crippen molar-refractivity contribution in [3.8, 4) is 5.88 Å². The van der Waals surface area contributed by atoms with Gasteiger partial charge in [-0.2, -0.15) is 0 Å². The number of fused-ring (bicyclic) bond motifs is 1. The minimum atomic E-state index is -0.757. The predicted octanol–water partition coefficient (Wildman–Crippen LogP) is 4.51. The van der Waals surface area contributed by atoms with Crippen molar-refractivity contribution in [1.29, 1.82) is 0 Å². The first-order chi connectivity index (χ1) is 11.6. The van der Waals surface area contributed by atoms with E-state index in [1.54, 1.807) is 37.0 Å². The molecule has 0 unspecified atom stereocenters. The molecule has 0 atom stereocenters. The maximum atomic E-state index is 11.8. The summed E-state index contributed by atoms with van der Waals surface area (Å²) in [5.41, 5.74) is 2.31. The predicted molar refractivity (Wildman–Crippen MR) is 93.1 cm³/mol. The Bertz CT molecular complexity index is 878. The fraction of sp³-hybridized carbons (Fsp3) is 0.176. The number of hydrogen-bond acceptors (Lipinski definition) is 5. The van der Waals surface area contributed by atoms with E-state index in [-0.39, 0.29) is 6.61 Å². The molecule has 0 radical (unpaired) electrons. The maximum absolute atomic E-state index is 11.8. The van der Waals surface area contributed by atoms with Crippen molar-refractivity contribution in [3.63, 3.8) is 0 Å². The van der Waals surface area contributed by atoms with Gasteiger partial charge in [-0.1, -0.05) is 11.6 Å². The molecule has 2 heterocycles. The number of pyridine rings is 1. The Balaban J connectivity index is 2.11. The lowest BCUT2D eigenvalue weighted by Crippen LogP contribution is -2.13. The van der Waals surface area contributed by atoms with Crippen LogP contribution in [-0.2, 0) is 11.8 Å². The summed E-state index contributed by atoms with van der Waals surface area (Å²) >= 11 is 6.09. The van der Waals surface area contributed by atoms with Crippen LogP contribution in [0.4, 0.5) is 16.2 Å². The molecule has 0 aliphatic heterocycles. The van der Waals surface area contributed by atoms with Gasteiger partial charge in [-0.05, 0) is 37.3 Å². The van der Waals surface area contributed by atoms with E-state index in [4.69, 9.17) is 21.1 Å². The zero-order valence-electron chi connectivity index (χ0n) is 13.2. The van der Waals surface area contributed by atoms with Gasteiger partial charge >= 0.3 is 6.16 Å². The smallest absolute Gasteiger partial charge is 0.434 e. The van der Waals surface area contributed by atoms with Crippen LogP contribution in [0, 0.1) is 0 Å². The van der Waals surface area contributed by atoms with Crippen LogP contribution >= 0.6 is 11.6 Å². The van der Waals surface area contributed by atoms with Gasteiger partial charge in [0, 0.05) is 35.5 Å². The first kappa shape index (κ1) is 16.1. The van der Waals surface area contributed by atoms with Crippen molar-refractivity contribution in [2.75, 3.05) is 11.9 Å². The van der Waals surface area contributed by atoms with Crippen LogP contribution in [-0.4, -0.2) is 22.3 Å². The SMILES string of the molecule is CCOC(=O)Oc1c(Nc2ccncc2)c2ccc(Cl)cc2n1C. The molecule has 6 nitrogen and oxygen atoms in total. The Morgan fingerprint density at radius 1 is 1.29 bits per heavy atom. The number of carbonyl (C=O) groups is 1. The maximum Gasteiger partial charge on any atom is 0.515 e. The van der Waals surface area contributed by atoms with Crippen LogP contribution in [0.3, 0.4) is 0 Å². The first-order valence-electron chi connectivity index (χ1n) is 7.39. The summed E-state index contributed by atoms with van der Waals surface area (Å²) in [7, 11) is 1.80. The molecule has 0 aliphatic carbocycles. The van der Waals surface area contributed by atoms with E-state index in [0.29, 0.717) is 16.6 Å². The summed E-state index contributed by atoms with van der Waals surface area (Å²) in [6.45, 7) is 1.96. The number of aromatic nitrogens is 2. The number of benzene rings is 1. The molecule has 124 valence electrons. The largest absolute Gasteiger partial charge is 0.515 e. The number of hydrogen-bond donors (Lipinski definition) is 1. The van der Waals surface area contributed by atoms with Crippen LogP contribution in [0.5, 0.6) is 5.88 Å². The highest BCUT2D eigenvalue weighted by Crippen LogP contribution is 2.39. The second-order valence-electron chi connectivity index (χ2n) is 5.05.